The summed E-state index contributed by atoms with van der Waals surface area (Å²) < 4.78 is 6.27. The molecule has 0 fully saturated rings. The molecule has 0 amide bonds. The Morgan fingerprint density at radius 1 is 1.08 bits per heavy atom. The molecule has 0 spiro atoms. The second-order valence-electron chi connectivity index (χ2n) is 7.79. The smallest absolute Gasteiger partial charge is 0.338 e. The van der Waals surface area contributed by atoms with E-state index in [4.69, 9.17) is 4.74 Å². The Kier molecular flexibility index (Phi) is 7.21. The average Bonchev–Trinajstić information content (AvgIpc) is 2.59. The predicted molar refractivity (Wildman–Crippen MR) is 112 cm³/mol. The topological polar surface area (TPSA) is 46.5 Å². The minimum atomic E-state index is -1.59. The summed E-state index contributed by atoms with van der Waals surface area (Å²) in [7, 11) is -1.59. The van der Waals surface area contributed by atoms with Gasteiger partial charge in [-0.25, -0.2) is 4.79 Å². The maximum Gasteiger partial charge on any atom is 0.338 e. The fourth-order valence-corrected chi connectivity index (χ4v) is 6.71. The van der Waals surface area contributed by atoms with Crippen LogP contribution < -0.4 is 0 Å². The number of ether oxygens (including phenoxy) is 1. The van der Waals surface area contributed by atoms with Crippen molar-refractivity contribution >= 4 is 30.0 Å². The summed E-state index contributed by atoms with van der Waals surface area (Å²) in [5, 5.41) is 10.7. The molecule has 2 aromatic carbocycles. The molecule has 3 nitrogen and oxygen atoms in total. The summed E-state index contributed by atoms with van der Waals surface area (Å²) in [5.41, 5.74) is 2.01. The lowest BCUT2D eigenvalue weighted by atomic mass is 9.95. The van der Waals surface area contributed by atoms with Crippen LogP contribution in [0.15, 0.2) is 59.1 Å². The Bertz CT molecular complexity index is 710. The van der Waals surface area contributed by atoms with Gasteiger partial charge in [0.2, 0.25) is 0 Å². The van der Waals surface area contributed by atoms with Gasteiger partial charge in [-0.05, 0) is 41.3 Å². The second-order valence-corrected chi connectivity index (χ2v) is 14.1. The largest absolute Gasteiger partial charge is 0.459 e. The van der Waals surface area contributed by atoms with Crippen LogP contribution in [0.25, 0.3) is 0 Å². The average molecular weight is 435 g/mol. The van der Waals surface area contributed by atoms with E-state index in [1.165, 1.54) is 5.56 Å². The molecule has 0 bridgehead atoms. The van der Waals surface area contributed by atoms with Crippen LogP contribution in [0, 0.1) is 5.92 Å². The van der Waals surface area contributed by atoms with Crippen molar-refractivity contribution in [1.82, 2.24) is 0 Å². The highest BCUT2D eigenvalue weighted by Crippen LogP contribution is 2.35. The van der Waals surface area contributed by atoms with Crippen molar-refractivity contribution in [2.45, 2.75) is 38.2 Å². The zero-order chi connectivity index (χ0) is 19.3. The number of hydrogen-bond donors (Lipinski definition) is 1. The molecule has 1 N–H and O–H groups in total. The standard InChI is InChI=1S/C21H27BrO3Si/c1-15(20(26(2,3)4)16-8-6-5-7-9-16)19(23)14-25-21(24)17-10-12-18(22)13-11-17/h5-13,15,19-20,23H,14H2,1-4H3/t15-,19+,20-/m1/s1. The monoisotopic (exact) mass is 434 g/mol. The number of aliphatic hydroxyl groups is 1. The third-order valence-corrected chi connectivity index (χ3v) is 7.94. The highest BCUT2D eigenvalue weighted by atomic mass is 79.9. The molecule has 0 heterocycles. The van der Waals surface area contributed by atoms with Crippen LogP contribution in [0.1, 0.15) is 28.4 Å². The first kappa shape index (κ1) is 20.9. The van der Waals surface area contributed by atoms with Gasteiger partial charge in [-0.1, -0.05) is 72.8 Å². The SMILES string of the molecule is C[C@H]([C@@H](O)COC(=O)c1ccc(Br)cc1)[C@H](c1ccccc1)[Si](C)(C)C. The van der Waals surface area contributed by atoms with Crippen molar-refractivity contribution < 1.29 is 14.6 Å². The lowest BCUT2D eigenvalue weighted by Gasteiger charge is -2.36. The summed E-state index contributed by atoms with van der Waals surface area (Å²) in [5.74, 6) is -0.408. The van der Waals surface area contributed by atoms with E-state index in [-0.39, 0.29) is 18.1 Å². The summed E-state index contributed by atoms with van der Waals surface area (Å²) >= 11 is 3.34. The zero-order valence-corrected chi connectivity index (χ0v) is 18.4. The fourth-order valence-electron chi connectivity index (χ4n) is 3.46. The molecule has 0 aliphatic heterocycles. The number of benzene rings is 2. The maximum atomic E-state index is 12.2. The Morgan fingerprint density at radius 2 is 1.65 bits per heavy atom. The minimum absolute atomic E-state index is 0.00165. The van der Waals surface area contributed by atoms with Crippen LogP contribution in [0.3, 0.4) is 0 Å². The number of carbonyl (C=O) groups excluding carboxylic acids is 1. The summed E-state index contributed by atoms with van der Waals surface area (Å²) in [6.07, 6.45) is -0.702. The molecule has 0 aromatic heterocycles. The molecule has 5 heteroatoms. The van der Waals surface area contributed by atoms with Gasteiger partial charge in [0.1, 0.15) is 6.61 Å². The van der Waals surface area contributed by atoms with E-state index in [1.54, 1.807) is 24.3 Å². The van der Waals surface area contributed by atoms with Gasteiger partial charge in [0.15, 0.2) is 0 Å². The molecule has 140 valence electrons. The Hall–Kier alpha value is -1.43. The van der Waals surface area contributed by atoms with E-state index in [9.17, 15) is 9.90 Å². The normalized spacial score (nSPS) is 15.2. The number of rotatable bonds is 7. The van der Waals surface area contributed by atoms with Crippen LogP contribution in [0.5, 0.6) is 0 Å². The van der Waals surface area contributed by atoms with Gasteiger partial charge in [0.05, 0.1) is 19.7 Å². The van der Waals surface area contributed by atoms with Gasteiger partial charge >= 0.3 is 5.97 Å². The molecule has 0 saturated carbocycles. The van der Waals surface area contributed by atoms with E-state index in [0.29, 0.717) is 5.56 Å². The molecular weight excluding hydrogens is 408 g/mol. The Morgan fingerprint density at radius 3 is 2.19 bits per heavy atom. The third-order valence-electron chi connectivity index (χ3n) is 4.69. The third kappa shape index (κ3) is 5.53. The quantitative estimate of drug-likeness (QED) is 0.477. The van der Waals surface area contributed by atoms with E-state index < -0.39 is 20.1 Å². The number of aliphatic hydroxyl groups excluding tert-OH is 1. The molecule has 26 heavy (non-hydrogen) atoms. The van der Waals surface area contributed by atoms with Crippen molar-refractivity contribution in [2.24, 2.45) is 5.92 Å². The second kappa shape index (κ2) is 8.98. The highest BCUT2D eigenvalue weighted by Gasteiger charge is 2.36. The van der Waals surface area contributed by atoms with Gasteiger partial charge in [-0.3, -0.25) is 0 Å². The number of halogens is 1. The van der Waals surface area contributed by atoms with Crippen molar-refractivity contribution in [1.29, 1.82) is 0 Å². The highest BCUT2D eigenvalue weighted by molar-refractivity contribution is 9.10. The number of esters is 1. The Labute approximate surface area is 165 Å². The maximum absolute atomic E-state index is 12.2. The van der Waals surface area contributed by atoms with Crippen LogP contribution in [-0.4, -0.2) is 31.9 Å². The first-order chi connectivity index (χ1) is 12.2. The fraction of sp³-hybridized carbons (Fsp3) is 0.381. The molecule has 2 rings (SSSR count). The van der Waals surface area contributed by atoms with Crippen LogP contribution >= 0.6 is 15.9 Å². The van der Waals surface area contributed by atoms with E-state index >= 15 is 0 Å². The molecule has 0 unspecified atom stereocenters. The molecule has 0 aliphatic carbocycles. The summed E-state index contributed by atoms with van der Waals surface area (Å²) in [6, 6.07) is 17.3. The van der Waals surface area contributed by atoms with Gasteiger partial charge in [-0.2, -0.15) is 0 Å². The minimum Gasteiger partial charge on any atom is -0.459 e. The van der Waals surface area contributed by atoms with Gasteiger partial charge in [0.25, 0.3) is 0 Å². The van der Waals surface area contributed by atoms with E-state index in [2.05, 4.69) is 47.7 Å². The summed E-state index contributed by atoms with van der Waals surface area (Å²) in [4.78, 5) is 12.2. The van der Waals surface area contributed by atoms with Gasteiger partial charge < -0.3 is 9.84 Å². The molecule has 0 radical (unpaired) electrons. The molecule has 0 saturated heterocycles. The Balaban J connectivity index is 2.05. The molecule has 3 atom stereocenters. The van der Waals surface area contributed by atoms with Crippen molar-refractivity contribution in [3.05, 3.63) is 70.2 Å². The molecular formula is C21H27BrO3Si. The molecule has 2 aromatic rings. The van der Waals surface area contributed by atoms with Crippen molar-refractivity contribution in [2.75, 3.05) is 6.61 Å². The first-order valence-corrected chi connectivity index (χ1v) is 13.2. The van der Waals surface area contributed by atoms with Crippen LogP contribution in [0.4, 0.5) is 0 Å². The lowest BCUT2D eigenvalue weighted by Crippen LogP contribution is -2.41. The number of carbonyl (C=O) groups is 1. The number of hydrogen-bond acceptors (Lipinski definition) is 3. The van der Waals surface area contributed by atoms with Crippen molar-refractivity contribution in [3.63, 3.8) is 0 Å². The predicted octanol–water partition coefficient (Wildman–Crippen LogP) is 5.26. The van der Waals surface area contributed by atoms with Gasteiger partial charge in [0, 0.05) is 4.47 Å². The zero-order valence-electron chi connectivity index (χ0n) is 15.8. The lowest BCUT2D eigenvalue weighted by molar-refractivity contribution is 0.00993. The first-order valence-electron chi connectivity index (χ1n) is 8.86. The van der Waals surface area contributed by atoms with Gasteiger partial charge in [-0.15, -0.1) is 0 Å². The van der Waals surface area contributed by atoms with Crippen LogP contribution in [-0.2, 0) is 4.74 Å². The van der Waals surface area contributed by atoms with Crippen LogP contribution in [0.2, 0.25) is 19.6 Å². The van der Waals surface area contributed by atoms with E-state index in [0.717, 1.165) is 4.47 Å². The van der Waals surface area contributed by atoms with E-state index in [1.807, 2.05) is 25.1 Å². The summed E-state index contributed by atoms with van der Waals surface area (Å²) in [6.45, 7) is 8.98. The molecule has 0 aliphatic rings. The van der Waals surface area contributed by atoms with Crippen molar-refractivity contribution in [3.8, 4) is 0 Å².